The number of benzene rings is 4. The van der Waals surface area contributed by atoms with Crippen molar-refractivity contribution in [2.45, 2.75) is 39.6 Å². The molecule has 2 N–H and O–H groups in total. The van der Waals surface area contributed by atoms with E-state index < -0.39 is 21.3 Å². The van der Waals surface area contributed by atoms with Crippen molar-refractivity contribution in [3.63, 3.8) is 0 Å². The Bertz CT molecular complexity index is 2410. The number of nitrogens with zero attached hydrogens (tertiary/aromatic N) is 5. The maximum absolute atomic E-state index is 15.1. The molecule has 0 saturated carbocycles. The van der Waals surface area contributed by atoms with Gasteiger partial charge in [-0.2, -0.15) is 0 Å². The molecule has 0 amide bonds. The Morgan fingerprint density at radius 1 is 0.759 bits per heavy atom. The highest BCUT2D eigenvalue weighted by molar-refractivity contribution is 7.52. The van der Waals surface area contributed by atoms with Crippen LogP contribution in [0.2, 0.25) is 0 Å². The molecule has 6 aromatic rings. The second-order valence-electron chi connectivity index (χ2n) is 13.7. The van der Waals surface area contributed by atoms with Gasteiger partial charge in [0.05, 0.1) is 43.9 Å². The summed E-state index contributed by atoms with van der Waals surface area (Å²) in [6.45, 7) is 5.70. The molecule has 3 heterocycles. The number of hydrogen-bond acceptors (Lipinski definition) is 11. The van der Waals surface area contributed by atoms with Gasteiger partial charge in [-0.15, -0.1) is 9.55 Å². The number of pyridine rings is 1. The van der Waals surface area contributed by atoms with Crippen molar-refractivity contribution in [1.29, 1.82) is 0 Å². The molecule has 7 rings (SSSR count). The van der Waals surface area contributed by atoms with E-state index in [1.807, 2.05) is 80.6 Å². The topological polar surface area (TPSA) is 177 Å². The highest BCUT2D eigenvalue weighted by atomic mass is 31.2. The van der Waals surface area contributed by atoms with Gasteiger partial charge in [-0.1, -0.05) is 105 Å². The first-order chi connectivity index (χ1) is 28.0. The molecule has 4 aromatic carbocycles. The van der Waals surface area contributed by atoms with E-state index in [0.29, 0.717) is 48.8 Å². The quantitative estimate of drug-likeness (QED) is 0.0919. The predicted octanol–water partition coefficient (Wildman–Crippen LogP) is 7.50. The minimum absolute atomic E-state index is 0.0316. The number of hydrogen-bond donors (Lipinski definition) is 2. The number of anilines is 1. The van der Waals surface area contributed by atoms with Gasteiger partial charge in [-0.05, 0) is 46.4 Å². The lowest BCUT2D eigenvalue weighted by molar-refractivity contribution is 0.122. The number of ether oxygens (including phenoxy) is 2. The van der Waals surface area contributed by atoms with Crippen LogP contribution in [0.25, 0.3) is 17.1 Å². The van der Waals surface area contributed by atoms with Crippen molar-refractivity contribution in [3.05, 3.63) is 154 Å². The monoisotopic (exact) mass is 827 g/mol. The van der Waals surface area contributed by atoms with Crippen LogP contribution in [-0.2, 0) is 42.7 Å². The molecular weight excluding hydrogens is 784 g/mol. The third-order valence-corrected chi connectivity index (χ3v) is 11.3. The first-order valence-corrected chi connectivity index (χ1v) is 21.6. The summed E-state index contributed by atoms with van der Waals surface area (Å²) >= 11 is 0. The smallest absolute Gasteiger partial charge is 0.488 e. The number of phosphoric ester groups is 1. The van der Waals surface area contributed by atoms with Crippen LogP contribution in [0.3, 0.4) is 0 Å². The van der Waals surface area contributed by atoms with Crippen LogP contribution in [0.1, 0.15) is 42.0 Å². The largest absolute Gasteiger partial charge is 0.524 e. The number of phosphoric acid groups is 1. The molecule has 2 aromatic heterocycles. The second kappa shape index (κ2) is 18.0. The van der Waals surface area contributed by atoms with Crippen LogP contribution in [0.15, 0.2) is 126 Å². The number of aromatic nitrogens is 4. The lowest BCUT2D eigenvalue weighted by Gasteiger charge is -2.27. The zero-order valence-corrected chi connectivity index (χ0v) is 33.7. The highest BCUT2D eigenvalue weighted by Gasteiger charge is 2.36. The van der Waals surface area contributed by atoms with Crippen molar-refractivity contribution >= 4 is 21.4 Å². The third-order valence-electron chi connectivity index (χ3n) is 9.22. The summed E-state index contributed by atoms with van der Waals surface area (Å²) in [7, 11) is -9.63. The maximum atomic E-state index is 15.1. The van der Waals surface area contributed by atoms with Gasteiger partial charge in [0.25, 0.3) is 0 Å². The molecule has 1 fully saturated rings. The first-order valence-electron chi connectivity index (χ1n) is 18.6. The summed E-state index contributed by atoms with van der Waals surface area (Å²) in [6.07, 6.45) is 1.52. The zero-order chi connectivity index (χ0) is 40.7. The summed E-state index contributed by atoms with van der Waals surface area (Å²) < 4.78 is 58.4. The van der Waals surface area contributed by atoms with E-state index in [1.165, 1.54) is 16.8 Å². The predicted molar refractivity (Wildman–Crippen MR) is 217 cm³/mol. The average Bonchev–Trinajstić information content (AvgIpc) is 3.59. The molecule has 58 heavy (non-hydrogen) atoms. The van der Waals surface area contributed by atoms with Gasteiger partial charge in [0.15, 0.2) is 5.82 Å². The molecule has 1 aliphatic heterocycles. The van der Waals surface area contributed by atoms with Crippen molar-refractivity contribution < 1.29 is 42.0 Å². The van der Waals surface area contributed by atoms with Crippen molar-refractivity contribution in [3.8, 4) is 28.6 Å². The van der Waals surface area contributed by atoms with E-state index in [4.69, 9.17) is 28.1 Å². The molecule has 1 saturated heterocycles. The van der Waals surface area contributed by atoms with E-state index in [9.17, 15) is 19.1 Å². The van der Waals surface area contributed by atoms with Crippen LogP contribution in [-0.4, -0.2) is 55.2 Å². The lowest BCUT2D eigenvalue weighted by Crippen LogP contribution is -2.36. The van der Waals surface area contributed by atoms with Crippen LogP contribution in [0, 0.1) is 0 Å². The van der Waals surface area contributed by atoms with Crippen LogP contribution in [0.5, 0.6) is 11.5 Å². The molecule has 17 heteroatoms. The fourth-order valence-electron chi connectivity index (χ4n) is 6.29. The van der Waals surface area contributed by atoms with Gasteiger partial charge in [0, 0.05) is 19.2 Å². The summed E-state index contributed by atoms with van der Waals surface area (Å²) in [5, 5.41) is 4.71. The van der Waals surface area contributed by atoms with Crippen molar-refractivity contribution in [1.82, 2.24) is 19.1 Å². The Kier molecular flexibility index (Phi) is 12.7. The van der Waals surface area contributed by atoms with Crippen LogP contribution in [0.4, 0.5) is 5.82 Å². The summed E-state index contributed by atoms with van der Waals surface area (Å²) in [6, 6.07) is 33.8. The van der Waals surface area contributed by atoms with E-state index >= 15 is 4.57 Å². The normalized spacial score (nSPS) is 13.5. The molecule has 0 bridgehead atoms. The number of morpholine rings is 1. The molecule has 0 spiro atoms. The Hall–Kier alpha value is -5.37. The van der Waals surface area contributed by atoms with Gasteiger partial charge >= 0.3 is 21.3 Å². The Labute approximate surface area is 335 Å². The fourth-order valence-corrected chi connectivity index (χ4v) is 8.11. The Morgan fingerprint density at radius 2 is 1.33 bits per heavy atom. The molecule has 0 unspecified atom stereocenters. The third kappa shape index (κ3) is 9.83. The van der Waals surface area contributed by atoms with Crippen molar-refractivity contribution in [2.24, 2.45) is 0 Å². The maximum Gasteiger partial charge on any atom is 0.524 e. The zero-order valence-electron chi connectivity index (χ0n) is 31.9. The van der Waals surface area contributed by atoms with Gasteiger partial charge in [0.1, 0.15) is 23.9 Å². The highest BCUT2D eigenvalue weighted by Crippen LogP contribution is 2.51. The molecule has 0 radical (unpaired) electrons. The summed E-state index contributed by atoms with van der Waals surface area (Å²) in [4.78, 5) is 41.4. The van der Waals surface area contributed by atoms with E-state index in [-0.39, 0.29) is 54.3 Å². The second-order valence-corrected chi connectivity index (χ2v) is 16.7. The molecule has 1 aliphatic rings. The van der Waals surface area contributed by atoms with Gasteiger partial charge in [-0.3, -0.25) is 18.8 Å². The molecule has 0 atom stereocenters. The van der Waals surface area contributed by atoms with Gasteiger partial charge < -0.3 is 18.9 Å². The Morgan fingerprint density at radius 3 is 1.84 bits per heavy atom. The Balaban J connectivity index is 1.42. The molecule has 15 nitrogen and oxygen atoms in total. The lowest BCUT2D eigenvalue weighted by atomic mass is 9.98. The first kappa shape index (κ1) is 40.8. The van der Waals surface area contributed by atoms with Crippen LogP contribution < -0.4 is 19.9 Å². The van der Waals surface area contributed by atoms with Gasteiger partial charge in [-0.25, -0.2) is 23.5 Å². The minimum atomic E-state index is -5.03. The molecule has 0 aliphatic carbocycles. The number of rotatable bonds is 16. The fraction of sp³-hybridized carbons (Fsp3) is 0.244. The van der Waals surface area contributed by atoms with Crippen LogP contribution >= 0.6 is 15.6 Å². The molecular formula is C41H43N5O10P2. The van der Waals surface area contributed by atoms with E-state index in [2.05, 4.69) is 9.88 Å². The summed E-state index contributed by atoms with van der Waals surface area (Å²) in [5.41, 5.74) is 2.17. The minimum Gasteiger partial charge on any atom is -0.488 e. The average molecular weight is 828 g/mol. The standard InChI is InChI=1S/C41H43N5O10P2/c1-30(2)35-24-36(37(25-38(35)56-58(49,50)51)53-27-31-12-6-3-7-13-31)40-43-46(41(47)45(40)34-18-19-39(42-26-34)44-20-22-52-23-21-44)57(48,54-28-32-14-8-4-9-15-32)55-29-33-16-10-5-11-17-33/h3-19,24-26,30H,20-23,27-29H2,1-2H3,(H2,49,50,51). The summed E-state index contributed by atoms with van der Waals surface area (Å²) in [5.74, 6) is 0.242. The van der Waals surface area contributed by atoms with Gasteiger partial charge in [0.2, 0.25) is 0 Å². The van der Waals surface area contributed by atoms with E-state index in [1.54, 1.807) is 42.5 Å². The van der Waals surface area contributed by atoms with E-state index in [0.717, 1.165) is 10.0 Å². The van der Waals surface area contributed by atoms with Crippen molar-refractivity contribution in [2.75, 3.05) is 31.2 Å². The molecule has 302 valence electrons. The SMILES string of the molecule is CC(C)c1cc(-c2nn(P(=O)(OCc3ccccc3)OCc3ccccc3)c(=O)n2-c2ccc(N3CCOCC3)nc2)c(OCc2ccccc2)cc1OP(=O)(O)O.